The molecule has 1 aromatic rings. The van der Waals surface area contributed by atoms with E-state index in [0.717, 1.165) is 0 Å². The van der Waals surface area contributed by atoms with Crippen molar-refractivity contribution < 1.29 is 0 Å². The largest absolute Gasteiger partial charge is 0.381 e. The highest BCUT2D eigenvalue weighted by Gasteiger charge is 2.17. The van der Waals surface area contributed by atoms with Crippen LogP contribution in [-0.2, 0) is 0 Å². The molecule has 0 aromatic heterocycles. The average Bonchev–Trinajstić information content (AvgIpc) is 2.96. The zero-order valence-corrected chi connectivity index (χ0v) is 12.6. The molecule has 2 nitrogen and oxygen atoms in total. The number of rotatable bonds is 3. The summed E-state index contributed by atoms with van der Waals surface area (Å²) < 4.78 is 0. The van der Waals surface area contributed by atoms with Crippen LogP contribution in [0.5, 0.6) is 0 Å². The smallest absolute Gasteiger partial charge is 0.0602 e. The lowest BCUT2D eigenvalue weighted by Gasteiger charge is -2.27. The Labute approximate surface area is 123 Å². The lowest BCUT2D eigenvalue weighted by atomic mass is 9.96. The van der Waals surface area contributed by atoms with Crippen LogP contribution >= 0.6 is 0 Å². The highest BCUT2D eigenvalue weighted by Crippen LogP contribution is 2.30. The Morgan fingerprint density at radius 3 is 2.20 bits per heavy atom. The summed E-state index contributed by atoms with van der Waals surface area (Å²) in [6.45, 7) is 2.45. The minimum Gasteiger partial charge on any atom is -0.381 e. The Bertz CT molecular complexity index is 402. The van der Waals surface area contributed by atoms with Gasteiger partial charge < -0.3 is 10.2 Å². The van der Waals surface area contributed by atoms with E-state index in [2.05, 4.69) is 34.5 Å². The molecule has 1 saturated carbocycles. The van der Waals surface area contributed by atoms with Crippen molar-refractivity contribution in [2.75, 3.05) is 23.3 Å². The van der Waals surface area contributed by atoms with Gasteiger partial charge in [0.1, 0.15) is 0 Å². The molecule has 0 amide bonds. The summed E-state index contributed by atoms with van der Waals surface area (Å²) in [6, 6.07) is 9.59. The van der Waals surface area contributed by atoms with E-state index in [1.165, 1.54) is 82.3 Å². The van der Waals surface area contributed by atoms with Crippen LogP contribution in [-0.4, -0.2) is 19.1 Å². The van der Waals surface area contributed by atoms with Crippen LogP contribution in [0.25, 0.3) is 0 Å². The van der Waals surface area contributed by atoms with Gasteiger partial charge in [0.2, 0.25) is 0 Å². The second kappa shape index (κ2) is 7.01. The molecule has 2 aliphatic rings. The van der Waals surface area contributed by atoms with E-state index in [9.17, 15) is 0 Å². The van der Waals surface area contributed by atoms with E-state index in [4.69, 9.17) is 0 Å². The Morgan fingerprint density at radius 1 is 0.800 bits per heavy atom. The molecule has 1 aromatic carbocycles. The third kappa shape index (κ3) is 3.47. The number of nitrogens with one attached hydrogen (secondary N) is 1. The first kappa shape index (κ1) is 13.8. The van der Waals surface area contributed by atoms with E-state index in [-0.39, 0.29) is 0 Å². The zero-order chi connectivity index (χ0) is 13.6. The highest BCUT2D eigenvalue weighted by molar-refractivity contribution is 5.70. The Kier molecular flexibility index (Phi) is 4.83. The molecule has 0 radical (unpaired) electrons. The van der Waals surface area contributed by atoms with Crippen molar-refractivity contribution >= 4 is 11.4 Å². The SMILES string of the molecule is c1ccc(N2CCCC2)c(NC2CCCCCCC2)c1. The fraction of sp³-hybridized carbons (Fsp3) is 0.667. The molecule has 1 saturated heterocycles. The van der Waals surface area contributed by atoms with Gasteiger partial charge in [-0.25, -0.2) is 0 Å². The van der Waals surface area contributed by atoms with E-state index in [0.29, 0.717) is 6.04 Å². The molecule has 110 valence electrons. The summed E-state index contributed by atoms with van der Waals surface area (Å²) in [5.41, 5.74) is 2.78. The third-order valence-corrected chi connectivity index (χ3v) is 4.82. The van der Waals surface area contributed by atoms with Gasteiger partial charge >= 0.3 is 0 Å². The van der Waals surface area contributed by atoms with Gasteiger partial charge in [-0.1, -0.05) is 44.2 Å². The van der Waals surface area contributed by atoms with Crippen molar-refractivity contribution in [3.05, 3.63) is 24.3 Å². The van der Waals surface area contributed by atoms with Gasteiger partial charge in [0.15, 0.2) is 0 Å². The quantitative estimate of drug-likeness (QED) is 0.849. The van der Waals surface area contributed by atoms with Crippen molar-refractivity contribution in [2.24, 2.45) is 0 Å². The summed E-state index contributed by atoms with van der Waals surface area (Å²) in [5, 5.41) is 3.85. The molecular formula is C18H28N2. The molecule has 1 aliphatic carbocycles. The van der Waals surface area contributed by atoms with Gasteiger partial charge in [0.25, 0.3) is 0 Å². The van der Waals surface area contributed by atoms with Crippen LogP contribution < -0.4 is 10.2 Å². The molecule has 0 unspecified atom stereocenters. The van der Waals surface area contributed by atoms with E-state index >= 15 is 0 Å². The Hall–Kier alpha value is -1.18. The first-order valence-corrected chi connectivity index (χ1v) is 8.54. The number of para-hydroxylation sites is 2. The summed E-state index contributed by atoms with van der Waals surface area (Å²) in [4.78, 5) is 2.55. The molecule has 0 bridgehead atoms. The lowest BCUT2D eigenvalue weighted by molar-refractivity contribution is 0.471. The molecule has 0 spiro atoms. The normalized spacial score (nSPS) is 21.5. The maximum absolute atomic E-state index is 3.85. The average molecular weight is 272 g/mol. The van der Waals surface area contributed by atoms with E-state index in [1.54, 1.807) is 0 Å². The van der Waals surface area contributed by atoms with Gasteiger partial charge in [-0.2, -0.15) is 0 Å². The Balaban J connectivity index is 1.69. The fourth-order valence-electron chi connectivity index (χ4n) is 3.65. The second-order valence-corrected chi connectivity index (χ2v) is 6.40. The summed E-state index contributed by atoms with van der Waals surface area (Å²) >= 11 is 0. The van der Waals surface area contributed by atoms with Crippen LogP contribution in [0.15, 0.2) is 24.3 Å². The zero-order valence-electron chi connectivity index (χ0n) is 12.6. The van der Waals surface area contributed by atoms with Crippen molar-refractivity contribution in [3.8, 4) is 0 Å². The van der Waals surface area contributed by atoms with Crippen LogP contribution in [0.3, 0.4) is 0 Å². The first-order chi connectivity index (χ1) is 9.93. The summed E-state index contributed by atoms with van der Waals surface area (Å²) in [7, 11) is 0. The third-order valence-electron chi connectivity index (χ3n) is 4.82. The molecule has 2 fully saturated rings. The van der Waals surface area contributed by atoms with Gasteiger partial charge in [0, 0.05) is 19.1 Å². The fourth-order valence-corrected chi connectivity index (χ4v) is 3.65. The molecule has 1 heterocycles. The number of hydrogen-bond acceptors (Lipinski definition) is 2. The van der Waals surface area contributed by atoms with Gasteiger partial charge in [-0.3, -0.25) is 0 Å². The van der Waals surface area contributed by atoms with Crippen LogP contribution in [0, 0.1) is 0 Å². The first-order valence-electron chi connectivity index (χ1n) is 8.54. The maximum Gasteiger partial charge on any atom is 0.0602 e. The lowest BCUT2D eigenvalue weighted by Crippen LogP contribution is -2.24. The topological polar surface area (TPSA) is 15.3 Å². The number of benzene rings is 1. The molecule has 3 rings (SSSR count). The molecule has 2 heteroatoms. The van der Waals surface area contributed by atoms with Gasteiger partial charge in [-0.15, -0.1) is 0 Å². The molecule has 1 N–H and O–H groups in total. The maximum atomic E-state index is 3.85. The van der Waals surface area contributed by atoms with Gasteiger partial charge in [0.05, 0.1) is 11.4 Å². The monoisotopic (exact) mass is 272 g/mol. The summed E-state index contributed by atoms with van der Waals surface area (Å²) in [6.07, 6.45) is 12.4. The van der Waals surface area contributed by atoms with E-state index in [1.807, 2.05) is 0 Å². The molecule has 1 aliphatic heterocycles. The minimum atomic E-state index is 0.680. The van der Waals surface area contributed by atoms with Crippen molar-refractivity contribution in [2.45, 2.75) is 63.8 Å². The van der Waals surface area contributed by atoms with Crippen LogP contribution in [0.4, 0.5) is 11.4 Å². The minimum absolute atomic E-state index is 0.680. The summed E-state index contributed by atoms with van der Waals surface area (Å²) in [5.74, 6) is 0. The van der Waals surface area contributed by atoms with Gasteiger partial charge in [-0.05, 0) is 37.8 Å². The predicted octanol–water partition coefficient (Wildman–Crippen LogP) is 4.81. The molecule has 0 atom stereocenters. The second-order valence-electron chi connectivity index (χ2n) is 6.40. The van der Waals surface area contributed by atoms with Crippen LogP contribution in [0.1, 0.15) is 57.8 Å². The Morgan fingerprint density at radius 2 is 1.45 bits per heavy atom. The number of hydrogen-bond donors (Lipinski definition) is 1. The number of nitrogens with zero attached hydrogens (tertiary/aromatic N) is 1. The standard InChI is InChI=1S/C18H28N2/c1-2-4-10-16(11-5-3-1)19-17-12-6-7-13-18(17)20-14-8-9-15-20/h6-7,12-13,16,19H,1-5,8-11,14-15H2. The highest BCUT2D eigenvalue weighted by atomic mass is 15.2. The van der Waals surface area contributed by atoms with Crippen molar-refractivity contribution in [1.82, 2.24) is 0 Å². The van der Waals surface area contributed by atoms with Crippen molar-refractivity contribution in [3.63, 3.8) is 0 Å². The molecular weight excluding hydrogens is 244 g/mol. The molecule has 20 heavy (non-hydrogen) atoms. The van der Waals surface area contributed by atoms with Crippen LogP contribution in [0.2, 0.25) is 0 Å². The van der Waals surface area contributed by atoms with E-state index < -0.39 is 0 Å². The van der Waals surface area contributed by atoms with Crippen molar-refractivity contribution in [1.29, 1.82) is 0 Å². The number of anilines is 2. The predicted molar refractivity (Wildman–Crippen MR) is 87.6 cm³/mol.